The Balaban J connectivity index is 1.05. The highest BCUT2D eigenvalue weighted by molar-refractivity contribution is 6.09. The number of hydrogen-bond donors (Lipinski definition) is 0. The summed E-state index contributed by atoms with van der Waals surface area (Å²) in [6.45, 7) is 0. The van der Waals surface area contributed by atoms with Crippen LogP contribution in [0.15, 0.2) is 217 Å². The van der Waals surface area contributed by atoms with Gasteiger partial charge in [-0.2, -0.15) is 0 Å². The van der Waals surface area contributed by atoms with Gasteiger partial charge < -0.3 is 4.42 Å². The van der Waals surface area contributed by atoms with Crippen LogP contribution in [-0.4, -0.2) is 4.98 Å². The molecule has 0 N–H and O–H groups in total. The van der Waals surface area contributed by atoms with Gasteiger partial charge in [-0.25, -0.2) is 4.98 Å². The summed E-state index contributed by atoms with van der Waals surface area (Å²) in [4.78, 5) is 5.10. The van der Waals surface area contributed by atoms with Crippen LogP contribution in [0.1, 0.15) is 22.3 Å². The number of rotatable bonds is 6. The van der Waals surface area contributed by atoms with E-state index < -0.39 is 5.41 Å². The van der Waals surface area contributed by atoms with Crippen LogP contribution in [0, 0.1) is 0 Å². The lowest BCUT2D eigenvalue weighted by molar-refractivity contribution is 0.666. The van der Waals surface area contributed by atoms with Gasteiger partial charge in [-0.05, 0) is 98.1 Å². The maximum Gasteiger partial charge on any atom is 0.136 e. The van der Waals surface area contributed by atoms with E-state index in [1.807, 2.05) is 12.1 Å². The van der Waals surface area contributed by atoms with Crippen LogP contribution >= 0.6 is 0 Å². The molecule has 2 heteroatoms. The second-order valence-electron chi connectivity index (χ2n) is 14.7. The minimum Gasteiger partial charge on any atom is -0.456 e. The van der Waals surface area contributed by atoms with Crippen molar-refractivity contribution in [2.75, 3.05) is 0 Å². The monoisotopic (exact) mass is 713 g/mol. The van der Waals surface area contributed by atoms with Gasteiger partial charge in [0.25, 0.3) is 0 Å². The summed E-state index contributed by atoms with van der Waals surface area (Å²) in [5, 5.41) is 2.25. The average molecular weight is 714 g/mol. The van der Waals surface area contributed by atoms with Crippen molar-refractivity contribution in [3.63, 3.8) is 0 Å². The Labute approximate surface area is 326 Å². The van der Waals surface area contributed by atoms with E-state index in [-0.39, 0.29) is 0 Å². The van der Waals surface area contributed by atoms with Crippen molar-refractivity contribution >= 4 is 21.9 Å². The summed E-state index contributed by atoms with van der Waals surface area (Å²) in [5.74, 6) is 0. The molecule has 0 radical (unpaired) electrons. The van der Waals surface area contributed by atoms with Crippen LogP contribution < -0.4 is 0 Å². The number of pyridine rings is 1. The SMILES string of the molecule is c1ccc(-c2cc(-c3cccc(-c4ccc5c(c4)oc4cc6c(cc45)-c4ccccc4C6(c4ccccc4)c4ccccc4)c3)cc(-c3ccccc3)n2)cc1. The third-order valence-electron chi connectivity index (χ3n) is 11.5. The number of fused-ring (bicyclic) bond motifs is 6. The van der Waals surface area contributed by atoms with Crippen molar-refractivity contribution in [2.45, 2.75) is 5.41 Å². The summed E-state index contributed by atoms with van der Waals surface area (Å²) in [5.41, 5.74) is 17.5. The van der Waals surface area contributed by atoms with Crippen LogP contribution in [0.3, 0.4) is 0 Å². The van der Waals surface area contributed by atoms with Crippen molar-refractivity contribution in [3.05, 3.63) is 235 Å². The molecule has 10 aromatic rings. The molecule has 0 atom stereocenters. The first-order valence-electron chi connectivity index (χ1n) is 19.2. The van der Waals surface area contributed by atoms with Crippen molar-refractivity contribution in [3.8, 4) is 55.9 Å². The van der Waals surface area contributed by atoms with Gasteiger partial charge in [0.1, 0.15) is 11.2 Å². The molecule has 11 rings (SSSR count). The molecule has 0 saturated heterocycles. The zero-order valence-corrected chi connectivity index (χ0v) is 30.6. The molecular weight excluding hydrogens is 679 g/mol. The minimum atomic E-state index is -0.471. The molecule has 0 spiro atoms. The third-order valence-corrected chi connectivity index (χ3v) is 11.5. The normalized spacial score (nSPS) is 12.8. The highest BCUT2D eigenvalue weighted by Crippen LogP contribution is 2.57. The van der Waals surface area contributed by atoms with Crippen molar-refractivity contribution in [1.29, 1.82) is 0 Å². The van der Waals surface area contributed by atoms with Crippen LogP contribution in [0.2, 0.25) is 0 Å². The van der Waals surface area contributed by atoms with E-state index >= 15 is 0 Å². The molecule has 0 aliphatic heterocycles. The molecule has 2 nitrogen and oxygen atoms in total. The Bertz CT molecular complexity index is 2960. The molecule has 0 amide bonds. The molecule has 2 aromatic heterocycles. The fourth-order valence-corrected chi connectivity index (χ4v) is 8.98. The maximum atomic E-state index is 6.84. The fraction of sp³-hybridized carbons (Fsp3) is 0.0185. The molecule has 0 fully saturated rings. The van der Waals surface area contributed by atoms with Gasteiger partial charge in [0.2, 0.25) is 0 Å². The summed E-state index contributed by atoms with van der Waals surface area (Å²) in [6, 6.07) is 76.1. The van der Waals surface area contributed by atoms with Crippen molar-refractivity contribution in [1.82, 2.24) is 4.98 Å². The highest BCUT2D eigenvalue weighted by Gasteiger charge is 2.46. The van der Waals surface area contributed by atoms with Crippen molar-refractivity contribution < 1.29 is 4.42 Å². The number of hydrogen-bond acceptors (Lipinski definition) is 2. The Hall–Kier alpha value is -7.29. The van der Waals surface area contributed by atoms with Crippen molar-refractivity contribution in [2.24, 2.45) is 0 Å². The predicted molar refractivity (Wildman–Crippen MR) is 231 cm³/mol. The van der Waals surface area contributed by atoms with Gasteiger partial charge in [-0.1, -0.05) is 170 Å². The van der Waals surface area contributed by atoms with E-state index in [1.165, 1.54) is 33.4 Å². The Morgan fingerprint density at radius 1 is 0.321 bits per heavy atom. The molecule has 1 aliphatic carbocycles. The Morgan fingerprint density at radius 3 is 1.48 bits per heavy atom. The van der Waals surface area contributed by atoms with E-state index in [9.17, 15) is 0 Å². The van der Waals surface area contributed by atoms with E-state index in [4.69, 9.17) is 9.40 Å². The molecule has 8 aromatic carbocycles. The smallest absolute Gasteiger partial charge is 0.136 e. The molecular formula is C54H35NO. The summed E-state index contributed by atoms with van der Waals surface area (Å²) < 4.78 is 6.84. The number of nitrogens with zero attached hydrogens (tertiary/aromatic N) is 1. The third kappa shape index (κ3) is 5.07. The van der Waals surface area contributed by atoms with Gasteiger partial charge in [0.05, 0.1) is 16.8 Å². The van der Waals surface area contributed by atoms with Gasteiger partial charge in [-0.15, -0.1) is 0 Å². The summed E-state index contributed by atoms with van der Waals surface area (Å²) in [6.07, 6.45) is 0. The lowest BCUT2D eigenvalue weighted by Gasteiger charge is -2.33. The van der Waals surface area contributed by atoms with Gasteiger partial charge in [0.15, 0.2) is 0 Å². The minimum absolute atomic E-state index is 0.471. The number of furan rings is 1. The number of benzene rings is 8. The largest absolute Gasteiger partial charge is 0.456 e. The average Bonchev–Trinajstić information content (AvgIpc) is 3.79. The van der Waals surface area contributed by atoms with Crippen LogP contribution in [-0.2, 0) is 5.41 Å². The first kappa shape index (κ1) is 32.2. The van der Waals surface area contributed by atoms with Crippen LogP contribution in [0.5, 0.6) is 0 Å². The first-order chi connectivity index (χ1) is 27.7. The van der Waals surface area contributed by atoms with E-state index in [2.05, 4.69) is 200 Å². The highest BCUT2D eigenvalue weighted by atomic mass is 16.3. The molecule has 56 heavy (non-hydrogen) atoms. The quantitative estimate of drug-likeness (QED) is 0.171. The van der Waals surface area contributed by atoms with E-state index in [1.54, 1.807) is 0 Å². The zero-order valence-electron chi connectivity index (χ0n) is 30.6. The number of aromatic nitrogens is 1. The molecule has 0 saturated carbocycles. The van der Waals surface area contributed by atoms with Gasteiger partial charge in [-0.3, -0.25) is 0 Å². The lowest BCUT2D eigenvalue weighted by Crippen LogP contribution is -2.28. The van der Waals surface area contributed by atoms with Gasteiger partial charge >= 0.3 is 0 Å². The summed E-state index contributed by atoms with van der Waals surface area (Å²) >= 11 is 0. The Kier molecular flexibility index (Phi) is 7.43. The van der Waals surface area contributed by atoms with E-state index in [0.29, 0.717) is 0 Å². The van der Waals surface area contributed by atoms with Crippen LogP contribution in [0.4, 0.5) is 0 Å². The van der Waals surface area contributed by atoms with Gasteiger partial charge in [0, 0.05) is 21.9 Å². The maximum absolute atomic E-state index is 6.84. The predicted octanol–water partition coefficient (Wildman–Crippen LogP) is 14.0. The van der Waals surface area contributed by atoms with Crippen LogP contribution in [0.25, 0.3) is 77.8 Å². The molecule has 2 heterocycles. The standard InChI is InChI=1S/C54H35NO/c1-5-16-36(17-6-1)50-31-41(32-51(55-50)37-18-7-2-8-19-37)39-21-15-20-38(30-39)40-28-29-45-47-34-46-44-26-13-14-27-48(44)54(42-22-9-3-10-23-42,43-24-11-4-12-25-43)49(46)35-53(47)56-52(45)33-40/h1-35H. The molecule has 1 aliphatic rings. The van der Waals surface area contributed by atoms with E-state index in [0.717, 1.165) is 66.7 Å². The lowest BCUT2D eigenvalue weighted by atomic mass is 9.67. The molecule has 262 valence electrons. The zero-order chi connectivity index (χ0) is 37.1. The second kappa shape index (κ2) is 12.9. The fourth-order valence-electron chi connectivity index (χ4n) is 8.98. The second-order valence-corrected chi connectivity index (χ2v) is 14.7. The summed E-state index contributed by atoms with van der Waals surface area (Å²) in [7, 11) is 0. The molecule has 0 bridgehead atoms. The molecule has 0 unspecified atom stereocenters. The topological polar surface area (TPSA) is 26.0 Å². The Morgan fingerprint density at radius 2 is 0.839 bits per heavy atom. The first-order valence-corrected chi connectivity index (χ1v) is 19.2.